The number of thiophene rings is 1. The van der Waals surface area contributed by atoms with Gasteiger partial charge in [-0.15, -0.1) is 11.3 Å². The molecule has 3 heterocycles. The smallest absolute Gasteiger partial charge is 0.271 e. The van der Waals surface area contributed by atoms with Gasteiger partial charge in [0.15, 0.2) is 0 Å². The van der Waals surface area contributed by atoms with Crippen molar-refractivity contribution in [3.05, 3.63) is 36.1 Å². The third-order valence-electron chi connectivity index (χ3n) is 6.81. The maximum Gasteiger partial charge on any atom is 0.271 e. The normalized spacial score (nSPS) is 21.2. The van der Waals surface area contributed by atoms with E-state index in [2.05, 4.69) is 4.72 Å². The summed E-state index contributed by atoms with van der Waals surface area (Å²) in [5.74, 6) is -0.472. The molecule has 3 fully saturated rings. The molecule has 1 aliphatic carbocycles. The van der Waals surface area contributed by atoms with Crippen LogP contribution in [0, 0.1) is 11.2 Å². The van der Waals surface area contributed by atoms with Crippen molar-refractivity contribution >= 4 is 42.8 Å². The van der Waals surface area contributed by atoms with Crippen LogP contribution in [0.2, 0.25) is 0 Å². The van der Waals surface area contributed by atoms with Crippen LogP contribution in [-0.4, -0.2) is 47.3 Å². The highest BCUT2D eigenvalue weighted by molar-refractivity contribution is 7.96. The average molecular weight is 500 g/mol. The zero-order valence-electron chi connectivity index (χ0n) is 17.6. The van der Waals surface area contributed by atoms with Gasteiger partial charge in [0.1, 0.15) is 14.2 Å². The summed E-state index contributed by atoms with van der Waals surface area (Å²) >= 11 is 0.719. The molecule has 3 aliphatic rings. The Labute approximate surface area is 192 Å². The molecule has 1 aromatic heterocycles. The molecule has 32 heavy (non-hydrogen) atoms. The van der Waals surface area contributed by atoms with Crippen LogP contribution in [0.4, 0.5) is 15.8 Å². The number of nitrogens with zero attached hydrogens (tertiary/aromatic N) is 2. The van der Waals surface area contributed by atoms with Gasteiger partial charge in [0.2, 0.25) is 0 Å². The van der Waals surface area contributed by atoms with Gasteiger partial charge in [-0.3, -0.25) is 4.72 Å². The van der Waals surface area contributed by atoms with Crippen molar-refractivity contribution in [1.82, 2.24) is 4.31 Å². The lowest BCUT2D eigenvalue weighted by atomic mass is 9.93. The molecule has 2 aliphatic heterocycles. The van der Waals surface area contributed by atoms with Gasteiger partial charge in [0, 0.05) is 26.2 Å². The van der Waals surface area contributed by atoms with Gasteiger partial charge in [-0.2, -0.15) is 4.31 Å². The predicted molar refractivity (Wildman–Crippen MR) is 123 cm³/mol. The van der Waals surface area contributed by atoms with Crippen LogP contribution >= 0.6 is 11.3 Å². The summed E-state index contributed by atoms with van der Waals surface area (Å²) in [5.41, 5.74) is 0.845. The Morgan fingerprint density at radius 1 is 0.875 bits per heavy atom. The number of anilines is 2. The molecule has 0 unspecified atom stereocenters. The topological polar surface area (TPSA) is 86.8 Å². The molecule has 0 bridgehead atoms. The Balaban J connectivity index is 1.40. The van der Waals surface area contributed by atoms with E-state index in [1.165, 1.54) is 41.4 Å². The molecular weight excluding hydrogens is 473 g/mol. The number of para-hydroxylation sites is 1. The lowest BCUT2D eigenvalue weighted by Crippen LogP contribution is -2.35. The van der Waals surface area contributed by atoms with E-state index in [1.807, 2.05) is 4.90 Å². The summed E-state index contributed by atoms with van der Waals surface area (Å²) in [6.07, 6.45) is 6.01. The van der Waals surface area contributed by atoms with Crippen molar-refractivity contribution in [1.29, 1.82) is 0 Å². The number of rotatable bonds is 6. The molecule has 1 spiro atoms. The van der Waals surface area contributed by atoms with Crippen molar-refractivity contribution < 1.29 is 21.2 Å². The van der Waals surface area contributed by atoms with Crippen molar-refractivity contribution in [2.75, 3.05) is 35.8 Å². The molecular formula is C21H26FN3O4S3. The van der Waals surface area contributed by atoms with Crippen LogP contribution in [0.1, 0.15) is 38.5 Å². The summed E-state index contributed by atoms with van der Waals surface area (Å²) in [4.78, 5) is 1.91. The Bertz CT molecular complexity index is 1220. The van der Waals surface area contributed by atoms with E-state index in [-0.39, 0.29) is 19.8 Å². The van der Waals surface area contributed by atoms with Gasteiger partial charge in [-0.05, 0) is 68.2 Å². The molecule has 0 amide bonds. The van der Waals surface area contributed by atoms with Crippen molar-refractivity contribution in [3.63, 3.8) is 0 Å². The maximum absolute atomic E-state index is 14.8. The first-order chi connectivity index (χ1) is 15.2. The second-order valence-corrected chi connectivity index (χ2v) is 14.1. The van der Waals surface area contributed by atoms with Crippen LogP contribution in [-0.2, 0) is 20.0 Å². The number of benzene rings is 1. The van der Waals surface area contributed by atoms with Gasteiger partial charge in [0.25, 0.3) is 20.0 Å². The van der Waals surface area contributed by atoms with E-state index in [1.54, 1.807) is 6.07 Å². The number of hydrogen-bond acceptors (Lipinski definition) is 6. The van der Waals surface area contributed by atoms with E-state index in [9.17, 15) is 21.2 Å². The molecule has 11 heteroatoms. The van der Waals surface area contributed by atoms with E-state index in [0.29, 0.717) is 31.6 Å². The predicted octanol–water partition coefficient (Wildman–Crippen LogP) is 3.85. The minimum Gasteiger partial charge on any atom is -0.367 e. The number of halogens is 1. The zero-order chi connectivity index (χ0) is 22.6. The quantitative estimate of drug-likeness (QED) is 0.652. The molecule has 2 aromatic rings. The molecule has 0 atom stereocenters. The highest BCUT2D eigenvalue weighted by Crippen LogP contribution is 2.54. The average Bonchev–Trinajstić information content (AvgIpc) is 3.19. The lowest BCUT2D eigenvalue weighted by Gasteiger charge is -2.35. The number of sulfonamides is 2. The van der Waals surface area contributed by atoms with E-state index < -0.39 is 25.9 Å². The summed E-state index contributed by atoms with van der Waals surface area (Å²) in [5, 5.41) is 0. The van der Waals surface area contributed by atoms with Crippen LogP contribution in [0.25, 0.3) is 0 Å². The van der Waals surface area contributed by atoms with Gasteiger partial charge in [-0.25, -0.2) is 21.2 Å². The van der Waals surface area contributed by atoms with E-state index in [4.69, 9.17) is 0 Å². The van der Waals surface area contributed by atoms with E-state index in [0.717, 1.165) is 37.0 Å². The minimum atomic E-state index is -4.07. The monoisotopic (exact) mass is 499 g/mol. The summed E-state index contributed by atoms with van der Waals surface area (Å²) in [7, 11) is -7.77. The first-order valence-corrected chi connectivity index (χ1v) is 14.6. The van der Waals surface area contributed by atoms with Crippen molar-refractivity contribution in [3.8, 4) is 0 Å². The third kappa shape index (κ3) is 4.04. The van der Waals surface area contributed by atoms with Gasteiger partial charge < -0.3 is 4.90 Å². The van der Waals surface area contributed by atoms with Crippen molar-refractivity contribution in [2.24, 2.45) is 5.41 Å². The molecule has 1 saturated carbocycles. The molecule has 174 valence electrons. The van der Waals surface area contributed by atoms with Crippen LogP contribution in [0.15, 0.2) is 38.8 Å². The lowest BCUT2D eigenvalue weighted by molar-refractivity contribution is 0.382. The molecule has 1 aromatic carbocycles. The van der Waals surface area contributed by atoms with Crippen LogP contribution in [0.3, 0.4) is 0 Å². The highest BCUT2D eigenvalue weighted by Gasteiger charge is 2.45. The summed E-state index contributed by atoms with van der Waals surface area (Å²) < 4.78 is 70.2. The molecule has 0 radical (unpaired) electrons. The SMILES string of the molecule is O=S(=O)(Nc1cccc(F)c1N1CCC2(CC1)CC2)c1ccc(S(=O)(=O)N2CCCC2)s1. The molecule has 7 nitrogen and oxygen atoms in total. The Morgan fingerprint density at radius 2 is 1.53 bits per heavy atom. The third-order valence-corrected chi connectivity index (χ3v) is 12.1. The Hall–Kier alpha value is -1.69. The number of hydrogen-bond donors (Lipinski definition) is 1. The highest BCUT2D eigenvalue weighted by atomic mass is 32.3. The van der Waals surface area contributed by atoms with Crippen LogP contribution < -0.4 is 9.62 Å². The first kappa shape index (κ1) is 22.1. The van der Waals surface area contributed by atoms with Crippen LogP contribution in [0.5, 0.6) is 0 Å². The van der Waals surface area contributed by atoms with E-state index >= 15 is 0 Å². The number of nitrogens with one attached hydrogen (secondary N) is 1. The molecule has 2 saturated heterocycles. The summed E-state index contributed by atoms with van der Waals surface area (Å²) in [6, 6.07) is 6.99. The fourth-order valence-electron chi connectivity index (χ4n) is 4.64. The fourth-order valence-corrected chi connectivity index (χ4v) is 9.14. The first-order valence-electron chi connectivity index (χ1n) is 10.9. The zero-order valence-corrected chi connectivity index (χ0v) is 20.0. The van der Waals surface area contributed by atoms with Gasteiger partial charge in [0.05, 0.1) is 11.4 Å². The maximum atomic E-state index is 14.8. The minimum absolute atomic E-state index is 0.00463. The fraction of sp³-hybridized carbons (Fsp3) is 0.524. The van der Waals surface area contributed by atoms with Gasteiger partial charge in [-0.1, -0.05) is 6.07 Å². The Kier molecular flexibility index (Phi) is 5.51. The standard InChI is InChI=1S/C21H26FN3O4S3/c22-16-4-3-5-17(20(16)24-14-10-21(8-9-21)11-15-24)23-31(26,27)18-6-7-19(30-18)32(28,29)25-12-1-2-13-25/h3-7,23H,1-2,8-15H2. The van der Waals surface area contributed by atoms with Crippen molar-refractivity contribution in [2.45, 2.75) is 46.9 Å². The number of piperidine rings is 1. The Morgan fingerprint density at radius 3 is 2.19 bits per heavy atom. The second-order valence-electron chi connectivity index (χ2n) is 8.91. The second kappa shape index (κ2) is 7.96. The largest absolute Gasteiger partial charge is 0.367 e. The summed E-state index contributed by atoms with van der Waals surface area (Å²) in [6.45, 7) is 2.27. The molecule has 1 N–H and O–H groups in total. The van der Waals surface area contributed by atoms with Gasteiger partial charge >= 0.3 is 0 Å². The molecule has 5 rings (SSSR count).